The van der Waals surface area contributed by atoms with E-state index in [0.29, 0.717) is 58.6 Å². The maximum atomic E-state index is 13.9. The molecule has 0 radical (unpaired) electrons. The molecule has 0 N–H and O–H groups in total. The van der Waals surface area contributed by atoms with Crippen molar-refractivity contribution in [1.82, 2.24) is 0 Å². The second-order valence-electron chi connectivity index (χ2n) is 9.42. The van der Waals surface area contributed by atoms with Gasteiger partial charge in [-0.15, -0.1) is 0 Å². The van der Waals surface area contributed by atoms with Crippen molar-refractivity contribution in [3.05, 3.63) is 52.7 Å². The number of benzene rings is 2. The lowest BCUT2D eigenvalue weighted by atomic mass is 9.66. The minimum absolute atomic E-state index is 0.00879. The lowest BCUT2D eigenvalue weighted by molar-refractivity contribution is -0.136. The van der Waals surface area contributed by atoms with E-state index < -0.39 is 17.8 Å². The summed E-state index contributed by atoms with van der Waals surface area (Å²) in [7, 11) is 7.50. The summed E-state index contributed by atoms with van der Waals surface area (Å²) >= 11 is 0. The van der Waals surface area contributed by atoms with Gasteiger partial charge in [0, 0.05) is 23.7 Å². The number of esters is 1. The van der Waals surface area contributed by atoms with Gasteiger partial charge >= 0.3 is 5.97 Å². The number of hydrogen-bond donors (Lipinski definition) is 0. The molecule has 4 rings (SSSR count). The molecule has 1 aliphatic heterocycles. The smallest absolute Gasteiger partial charge is 0.336 e. The molecule has 0 amide bonds. The van der Waals surface area contributed by atoms with Gasteiger partial charge in [-0.05, 0) is 61.6 Å². The molecule has 3 atom stereocenters. The molecule has 208 valence electrons. The van der Waals surface area contributed by atoms with Crippen LogP contribution in [0.1, 0.15) is 49.7 Å². The Morgan fingerprint density at radius 2 is 1.49 bits per heavy atom. The first-order chi connectivity index (χ1) is 18.8. The standard InChI is InChI=1S/C30H35NO8/c1-8-39-22-10-9-17(13-23(22)34-3)18-11-20-28(21(32)12-18)27(26(16(2)31-20)30(33)38-7)19-14-24(35-4)29(37-6)25(15-19)36-5/h9-10,13-15,18,27-28H,8,11-12H2,1-7H3/t18-,27+,28?/m0/s1. The normalized spacial score (nSPS) is 20.5. The molecule has 9 heteroatoms. The Bertz CT molecular complexity index is 1300. The number of rotatable bonds is 9. The molecular weight excluding hydrogens is 502 g/mol. The maximum absolute atomic E-state index is 13.9. The molecule has 1 fully saturated rings. The van der Waals surface area contributed by atoms with Crippen LogP contribution in [-0.2, 0) is 14.3 Å². The zero-order chi connectivity index (χ0) is 28.3. The van der Waals surface area contributed by atoms with Crippen molar-refractivity contribution < 1.29 is 38.0 Å². The number of fused-ring (bicyclic) bond motifs is 1. The number of ketones is 1. The Hall–Kier alpha value is -4.01. The van der Waals surface area contributed by atoms with Crippen LogP contribution >= 0.6 is 0 Å². The Kier molecular flexibility index (Phi) is 8.47. The first-order valence-corrected chi connectivity index (χ1v) is 12.8. The largest absolute Gasteiger partial charge is 0.493 e. The maximum Gasteiger partial charge on any atom is 0.336 e. The fourth-order valence-electron chi connectivity index (χ4n) is 5.64. The van der Waals surface area contributed by atoms with Crippen LogP contribution in [0.5, 0.6) is 28.7 Å². The first-order valence-electron chi connectivity index (χ1n) is 12.8. The number of ether oxygens (including phenoxy) is 6. The van der Waals surface area contributed by atoms with Gasteiger partial charge in [-0.25, -0.2) is 4.79 Å². The second kappa shape index (κ2) is 11.8. The number of carbonyl (C=O) groups is 2. The zero-order valence-corrected chi connectivity index (χ0v) is 23.5. The third kappa shape index (κ3) is 5.17. The molecule has 0 spiro atoms. The number of methoxy groups -OCH3 is 5. The molecule has 0 aromatic heterocycles. The van der Waals surface area contributed by atoms with Crippen molar-refractivity contribution in [3.63, 3.8) is 0 Å². The Labute approximate surface area is 228 Å². The van der Waals surface area contributed by atoms with Gasteiger partial charge in [0.1, 0.15) is 5.78 Å². The summed E-state index contributed by atoms with van der Waals surface area (Å²) in [6, 6.07) is 9.32. The number of aliphatic imine (C=N–C) groups is 1. The van der Waals surface area contributed by atoms with E-state index in [1.54, 1.807) is 26.2 Å². The molecule has 1 aliphatic carbocycles. The fraction of sp³-hybridized carbons (Fsp3) is 0.433. The van der Waals surface area contributed by atoms with Crippen LogP contribution in [0.25, 0.3) is 0 Å². The van der Waals surface area contributed by atoms with E-state index in [-0.39, 0.29) is 18.1 Å². The van der Waals surface area contributed by atoms with Crippen LogP contribution in [0, 0.1) is 5.92 Å². The second-order valence-corrected chi connectivity index (χ2v) is 9.42. The van der Waals surface area contributed by atoms with Gasteiger partial charge in [0.15, 0.2) is 23.0 Å². The van der Waals surface area contributed by atoms with Crippen molar-refractivity contribution in [2.45, 2.75) is 38.5 Å². The van der Waals surface area contributed by atoms with Crippen molar-refractivity contribution in [2.24, 2.45) is 10.9 Å². The summed E-state index contributed by atoms with van der Waals surface area (Å²) in [4.78, 5) is 31.8. The molecule has 9 nitrogen and oxygen atoms in total. The van der Waals surface area contributed by atoms with Crippen LogP contribution in [0.2, 0.25) is 0 Å². The first kappa shape index (κ1) is 28.0. The highest BCUT2D eigenvalue weighted by molar-refractivity contribution is 6.12. The number of carbonyl (C=O) groups excluding carboxylic acids is 2. The SMILES string of the molecule is CCOc1ccc([C@@H]2CC(=O)C3C(=NC(C)=C(C(=O)OC)[C@H]3c3cc(OC)c(OC)c(OC)c3)C2)cc1OC. The number of nitrogens with zero attached hydrogens (tertiary/aromatic N) is 1. The number of Topliss-reactive ketones (excluding diaryl/α,β-unsaturated/α-hetero) is 1. The average Bonchev–Trinajstić information content (AvgIpc) is 2.95. The quantitative estimate of drug-likeness (QED) is 0.418. The highest BCUT2D eigenvalue weighted by atomic mass is 16.5. The minimum atomic E-state index is -0.633. The lowest BCUT2D eigenvalue weighted by Crippen LogP contribution is -2.41. The Balaban J connectivity index is 1.81. The molecule has 0 saturated heterocycles. The third-order valence-electron chi connectivity index (χ3n) is 7.36. The van der Waals surface area contributed by atoms with E-state index in [1.807, 2.05) is 25.1 Å². The summed E-state index contributed by atoms with van der Waals surface area (Å²) in [5.74, 6) is 0.676. The summed E-state index contributed by atoms with van der Waals surface area (Å²) in [6.07, 6.45) is 0.843. The number of hydrogen-bond acceptors (Lipinski definition) is 9. The van der Waals surface area contributed by atoms with Crippen LogP contribution in [0.15, 0.2) is 46.6 Å². The zero-order valence-electron chi connectivity index (χ0n) is 23.5. The molecule has 1 heterocycles. The molecule has 1 unspecified atom stereocenters. The molecule has 2 aromatic carbocycles. The molecule has 0 bridgehead atoms. The average molecular weight is 538 g/mol. The fourth-order valence-corrected chi connectivity index (χ4v) is 5.64. The highest BCUT2D eigenvalue weighted by Gasteiger charge is 2.46. The minimum Gasteiger partial charge on any atom is -0.493 e. The van der Waals surface area contributed by atoms with E-state index >= 15 is 0 Å². The predicted molar refractivity (Wildman–Crippen MR) is 146 cm³/mol. The van der Waals surface area contributed by atoms with E-state index in [9.17, 15) is 9.59 Å². The van der Waals surface area contributed by atoms with Crippen LogP contribution in [0.3, 0.4) is 0 Å². The van der Waals surface area contributed by atoms with Crippen molar-refractivity contribution in [1.29, 1.82) is 0 Å². The predicted octanol–water partition coefficient (Wildman–Crippen LogP) is 4.87. The van der Waals surface area contributed by atoms with Crippen molar-refractivity contribution in [2.75, 3.05) is 42.2 Å². The van der Waals surface area contributed by atoms with E-state index in [4.69, 9.17) is 33.4 Å². The summed E-state index contributed by atoms with van der Waals surface area (Å²) in [5, 5.41) is 0. The van der Waals surface area contributed by atoms with E-state index in [0.717, 1.165) is 11.3 Å². The van der Waals surface area contributed by atoms with Crippen LogP contribution in [0.4, 0.5) is 0 Å². The Morgan fingerprint density at radius 3 is 2.05 bits per heavy atom. The summed E-state index contributed by atoms with van der Waals surface area (Å²) in [6.45, 7) is 4.21. The summed E-state index contributed by atoms with van der Waals surface area (Å²) in [5.41, 5.74) is 3.23. The van der Waals surface area contributed by atoms with Crippen molar-refractivity contribution in [3.8, 4) is 28.7 Å². The molecule has 2 aliphatic rings. The van der Waals surface area contributed by atoms with Crippen molar-refractivity contribution >= 4 is 17.5 Å². The molecule has 2 aromatic rings. The molecule has 39 heavy (non-hydrogen) atoms. The van der Waals surface area contributed by atoms with Gasteiger partial charge < -0.3 is 28.4 Å². The molecular formula is C30H35NO8. The van der Waals surface area contributed by atoms with Crippen LogP contribution < -0.4 is 23.7 Å². The highest BCUT2D eigenvalue weighted by Crippen LogP contribution is 2.49. The van der Waals surface area contributed by atoms with Gasteiger partial charge in [-0.3, -0.25) is 9.79 Å². The van der Waals surface area contributed by atoms with Crippen LogP contribution in [-0.4, -0.2) is 59.6 Å². The van der Waals surface area contributed by atoms with E-state index in [1.165, 1.54) is 28.4 Å². The summed E-state index contributed by atoms with van der Waals surface area (Å²) < 4.78 is 33.0. The monoisotopic (exact) mass is 537 g/mol. The van der Waals surface area contributed by atoms with Gasteiger partial charge in [0.2, 0.25) is 5.75 Å². The van der Waals surface area contributed by atoms with Gasteiger partial charge in [0.25, 0.3) is 0 Å². The molecule has 1 saturated carbocycles. The Morgan fingerprint density at radius 1 is 0.846 bits per heavy atom. The van der Waals surface area contributed by atoms with Gasteiger partial charge in [-0.2, -0.15) is 0 Å². The van der Waals surface area contributed by atoms with Gasteiger partial charge in [-0.1, -0.05) is 6.07 Å². The van der Waals surface area contributed by atoms with Gasteiger partial charge in [0.05, 0.1) is 53.6 Å². The lowest BCUT2D eigenvalue weighted by Gasteiger charge is -2.38. The topological polar surface area (TPSA) is 102 Å². The van der Waals surface area contributed by atoms with E-state index in [2.05, 4.69) is 0 Å². The number of allylic oxidation sites excluding steroid dienone is 1. The third-order valence-corrected chi connectivity index (χ3v) is 7.36.